The number of aromatic nitrogens is 2. The predicted molar refractivity (Wildman–Crippen MR) is 154 cm³/mol. The molecule has 4 aromatic rings. The van der Waals surface area contributed by atoms with Crippen LogP contribution in [0, 0.1) is 0 Å². The number of benzene rings is 3. The third kappa shape index (κ3) is 5.17. The van der Waals surface area contributed by atoms with Gasteiger partial charge in [-0.2, -0.15) is 4.98 Å². The van der Waals surface area contributed by atoms with Gasteiger partial charge in [0.25, 0.3) is 5.56 Å². The number of amides is 1. The molecule has 11 heteroatoms. The first-order valence-corrected chi connectivity index (χ1v) is 13.7. The molecular weight excluding hydrogens is 554 g/mol. The van der Waals surface area contributed by atoms with Crippen molar-refractivity contribution in [3.63, 3.8) is 0 Å². The van der Waals surface area contributed by atoms with Crippen LogP contribution in [-0.2, 0) is 19.8 Å². The molecule has 2 aliphatic heterocycles. The zero-order valence-corrected chi connectivity index (χ0v) is 23.8. The van der Waals surface area contributed by atoms with Crippen molar-refractivity contribution >= 4 is 6.09 Å². The van der Waals surface area contributed by atoms with E-state index in [4.69, 9.17) is 28.4 Å². The lowest BCUT2D eigenvalue weighted by Crippen LogP contribution is -2.44. The smallest absolute Gasteiger partial charge is 0.407 e. The molecule has 43 heavy (non-hydrogen) atoms. The zero-order chi connectivity index (χ0) is 30.0. The van der Waals surface area contributed by atoms with Crippen molar-refractivity contribution in [1.82, 2.24) is 14.9 Å². The van der Waals surface area contributed by atoms with Crippen LogP contribution < -0.4 is 25.1 Å². The number of fused-ring (bicyclic) bond motifs is 3. The van der Waals surface area contributed by atoms with E-state index in [0.717, 1.165) is 16.7 Å². The molecule has 0 bridgehead atoms. The predicted octanol–water partition coefficient (Wildman–Crippen LogP) is 3.65. The van der Waals surface area contributed by atoms with Crippen LogP contribution in [-0.4, -0.2) is 61.8 Å². The minimum Gasteiger partial charge on any atom is -0.497 e. The fourth-order valence-corrected chi connectivity index (χ4v) is 5.60. The number of carbonyl (C=O) groups is 1. The number of nitrogens with one attached hydrogen (secondary N) is 1. The highest BCUT2D eigenvalue weighted by molar-refractivity contribution is 5.67. The number of rotatable bonds is 9. The van der Waals surface area contributed by atoms with Crippen LogP contribution in [0.5, 0.6) is 17.5 Å². The molecule has 0 saturated carbocycles. The van der Waals surface area contributed by atoms with Crippen LogP contribution in [0.25, 0.3) is 0 Å². The molecule has 1 saturated heterocycles. The summed E-state index contributed by atoms with van der Waals surface area (Å²) in [6.07, 6.45) is -2.13. The molecule has 1 aromatic heterocycles. The average Bonchev–Trinajstić information content (AvgIpc) is 3.57. The standard InChI is InChI=1S/C32H31N3O8/c1-33-31(37)43-27-25(41-29-28(27)42-30-34-26(36)17-18-35(29)30)19-40-32(20-7-5-4-6-8-20,21-9-13-23(38-2)14-10-21)22-11-15-24(39-3)16-12-22/h4-18,25,27-29H,19H2,1-3H3,(H,33,37)/t25-,27-,28+,29-/m1/s1. The first-order valence-electron chi connectivity index (χ1n) is 13.7. The van der Waals surface area contributed by atoms with Gasteiger partial charge in [0.05, 0.1) is 20.8 Å². The Hall–Kier alpha value is -4.87. The molecule has 6 rings (SSSR count). The average molecular weight is 586 g/mol. The maximum atomic E-state index is 12.4. The fourth-order valence-electron chi connectivity index (χ4n) is 5.60. The number of carbonyl (C=O) groups excluding carboxylic acids is 1. The van der Waals surface area contributed by atoms with Gasteiger partial charge in [-0.25, -0.2) is 4.79 Å². The minimum absolute atomic E-state index is 0.00787. The van der Waals surface area contributed by atoms with E-state index in [-0.39, 0.29) is 12.6 Å². The van der Waals surface area contributed by atoms with Crippen LogP contribution in [0.4, 0.5) is 4.79 Å². The Labute approximate surface area is 247 Å². The van der Waals surface area contributed by atoms with Gasteiger partial charge in [0.15, 0.2) is 18.4 Å². The van der Waals surface area contributed by atoms with E-state index in [2.05, 4.69) is 10.3 Å². The minimum atomic E-state index is -1.11. The molecule has 0 spiro atoms. The Morgan fingerprint density at radius 3 is 2.09 bits per heavy atom. The van der Waals surface area contributed by atoms with Gasteiger partial charge in [-0.1, -0.05) is 54.6 Å². The summed E-state index contributed by atoms with van der Waals surface area (Å²) in [6.45, 7) is 0.00787. The molecule has 222 valence electrons. The maximum absolute atomic E-state index is 12.4. The van der Waals surface area contributed by atoms with Crippen molar-refractivity contribution in [2.45, 2.75) is 30.1 Å². The lowest BCUT2D eigenvalue weighted by molar-refractivity contribution is -0.0946. The highest BCUT2D eigenvalue weighted by Gasteiger charge is 2.55. The van der Waals surface area contributed by atoms with Crippen LogP contribution >= 0.6 is 0 Å². The molecule has 0 unspecified atom stereocenters. The Morgan fingerprint density at radius 1 is 0.907 bits per heavy atom. The summed E-state index contributed by atoms with van der Waals surface area (Å²) in [7, 11) is 4.71. The summed E-state index contributed by atoms with van der Waals surface area (Å²) >= 11 is 0. The number of hydrogen-bond donors (Lipinski definition) is 1. The highest BCUT2D eigenvalue weighted by atomic mass is 16.7. The summed E-state index contributed by atoms with van der Waals surface area (Å²) in [5.41, 5.74) is 1.00. The summed E-state index contributed by atoms with van der Waals surface area (Å²) in [4.78, 5) is 28.2. The van der Waals surface area contributed by atoms with Crippen LogP contribution in [0.3, 0.4) is 0 Å². The molecule has 0 aliphatic carbocycles. The van der Waals surface area contributed by atoms with Crippen molar-refractivity contribution in [2.75, 3.05) is 27.9 Å². The number of hydrogen-bond acceptors (Lipinski definition) is 9. The Bertz CT molecular complexity index is 1580. The van der Waals surface area contributed by atoms with Gasteiger partial charge in [-0.15, -0.1) is 0 Å². The number of ether oxygens (including phenoxy) is 6. The van der Waals surface area contributed by atoms with Gasteiger partial charge in [0, 0.05) is 19.3 Å². The monoisotopic (exact) mass is 585 g/mol. The molecule has 4 atom stereocenters. The molecule has 3 heterocycles. The fraction of sp³-hybridized carbons (Fsp3) is 0.281. The summed E-state index contributed by atoms with van der Waals surface area (Å²) in [6, 6.07) is 26.6. The van der Waals surface area contributed by atoms with Gasteiger partial charge in [0.1, 0.15) is 23.2 Å². The second kappa shape index (κ2) is 11.8. The summed E-state index contributed by atoms with van der Waals surface area (Å²) in [5, 5.41) is 2.48. The number of alkyl carbamates (subject to hydrolysis) is 1. The molecule has 0 radical (unpaired) electrons. The first-order chi connectivity index (χ1) is 21.0. The number of methoxy groups -OCH3 is 2. The molecule has 1 N–H and O–H groups in total. The third-order valence-electron chi connectivity index (χ3n) is 7.69. The van der Waals surface area contributed by atoms with Crippen LogP contribution in [0.15, 0.2) is 95.9 Å². The summed E-state index contributed by atoms with van der Waals surface area (Å²) < 4.78 is 37.6. The third-order valence-corrected chi connectivity index (χ3v) is 7.69. The molecular formula is C32H31N3O8. The van der Waals surface area contributed by atoms with Gasteiger partial charge in [-0.05, 0) is 41.0 Å². The van der Waals surface area contributed by atoms with E-state index in [1.807, 2.05) is 78.9 Å². The van der Waals surface area contributed by atoms with Gasteiger partial charge in [0.2, 0.25) is 0 Å². The lowest BCUT2D eigenvalue weighted by Gasteiger charge is -2.37. The molecule has 1 amide bonds. The van der Waals surface area contributed by atoms with Crippen LogP contribution in [0.2, 0.25) is 0 Å². The second-order valence-corrected chi connectivity index (χ2v) is 10.0. The topological polar surface area (TPSA) is 119 Å². The van der Waals surface area contributed by atoms with Crippen molar-refractivity contribution in [3.05, 3.63) is 118 Å². The molecule has 2 aliphatic rings. The quantitative estimate of drug-likeness (QED) is 0.294. The van der Waals surface area contributed by atoms with Gasteiger partial charge < -0.3 is 33.7 Å². The Kier molecular flexibility index (Phi) is 7.75. The van der Waals surface area contributed by atoms with Gasteiger partial charge >= 0.3 is 12.1 Å². The Balaban J connectivity index is 1.42. The lowest BCUT2D eigenvalue weighted by atomic mass is 9.80. The largest absolute Gasteiger partial charge is 0.497 e. The van der Waals surface area contributed by atoms with Crippen molar-refractivity contribution in [2.24, 2.45) is 0 Å². The van der Waals surface area contributed by atoms with E-state index in [9.17, 15) is 9.59 Å². The van der Waals surface area contributed by atoms with Crippen molar-refractivity contribution in [3.8, 4) is 17.5 Å². The Morgan fingerprint density at radius 2 is 1.51 bits per heavy atom. The molecule has 11 nitrogen and oxygen atoms in total. The SMILES string of the molecule is CNC(=O)O[C@H]1[C@@H]2Oc3nc(=O)ccn3[C@@H]2O[C@@H]1COC(c1ccccc1)(c1ccc(OC)cc1)c1ccc(OC)cc1. The zero-order valence-electron chi connectivity index (χ0n) is 23.8. The van der Waals surface area contributed by atoms with Crippen molar-refractivity contribution < 1.29 is 33.2 Å². The normalized spacial score (nSPS) is 20.4. The van der Waals surface area contributed by atoms with E-state index < -0.39 is 41.8 Å². The molecule has 3 aromatic carbocycles. The second-order valence-electron chi connectivity index (χ2n) is 10.0. The van der Waals surface area contributed by atoms with Gasteiger partial charge in [-0.3, -0.25) is 9.36 Å². The highest BCUT2D eigenvalue weighted by Crippen LogP contribution is 2.44. The van der Waals surface area contributed by atoms with E-state index in [1.165, 1.54) is 13.1 Å². The van der Waals surface area contributed by atoms with E-state index >= 15 is 0 Å². The molecule has 1 fully saturated rings. The maximum Gasteiger partial charge on any atom is 0.407 e. The van der Waals surface area contributed by atoms with Crippen LogP contribution in [0.1, 0.15) is 22.9 Å². The van der Waals surface area contributed by atoms with E-state index in [0.29, 0.717) is 11.5 Å². The van der Waals surface area contributed by atoms with E-state index in [1.54, 1.807) is 25.0 Å². The first kappa shape index (κ1) is 28.3. The summed E-state index contributed by atoms with van der Waals surface area (Å²) in [5.74, 6) is 1.41. The van der Waals surface area contributed by atoms with Crippen molar-refractivity contribution in [1.29, 1.82) is 0 Å². The number of nitrogens with zero attached hydrogens (tertiary/aromatic N) is 2.